The summed E-state index contributed by atoms with van der Waals surface area (Å²) in [6, 6.07) is 0. The molecule has 2 heterocycles. The van der Waals surface area contributed by atoms with Crippen molar-refractivity contribution in [3.05, 3.63) is 30.2 Å². The van der Waals surface area contributed by atoms with Crippen LogP contribution in [0.1, 0.15) is 11.5 Å². The van der Waals surface area contributed by atoms with Crippen molar-refractivity contribution in [2.75, 3.05) is 11.9 Å². The van der Waals surface area contributed by atoms with Crippen molar-refractivity contribution in [3.63, 3.8) is 0 Å². The molecule has 0 aliphatic rings. The van der Waals surface area contributed by atoms with E-state index in [1.165, 1.54) is 0 Å². The van der Waals surface area contributed by atoms with Crippen LogP contribution in [0.25, 0.3) is 0 Å². The molecule has 3 N–H and O–H groups in total. The van der Waals surface area contributed by atoms with Gasteiger partial charge in [-0.3, -0.25) is 0 Å². The molecule has 7 nitrogen and oxygen atoms in total. The third-order valence-corrected chi connectivity index (χ3v) is 2.57. The molecule has 0 atom stereocenters. The van der Waals surface area contributed by atoms with Gasteiger partial charge in [-0.2, -0.15) is 0 Å². The lowest BCUT2D eigenvalue weighted by molar-refractivity contribution is 0.787. The van der Waals surface area contributed by atoms with E-state index in [0.717, 1.165) is 12.2 Å². The molecule has 0 fully saturated rings. The van der Waals surface area contributed by atoms with Crippen molar-refractivity contribution < 1.29 is 0 Å². The average molecular weight is 263 g/mol. The normalized spacial score (nSPS) is 10.3. The second-order valence-electron chi connectivity index (χ2n) is 3.65. The summed E-state index contributed by atoms with van der Waals surface area (Å²) in [7, 11) is 1.90. The molecule has 8 heteroatoms. The molecule has 0 saturated carbocycles. The van der Waals surface area contributed by atoms with Gasteiger partial charge in [-0.25, -0.2) is 9.97 Å². The Labute approximate surface area is 109 Å². The van der Waals surface area contributed by atoms with Gasteiger partial charge in [0.1, 0.15) is 22.8 Å². The second-order valence-corrected chi connectivity index (χ2v) is 4.09. The highest BCUT2D eigenvalue weighted by Gasteiger charge is 2.07. The Balaban J connectivity index is 1.99. The van der Waals surface area contributed by atoms with Crippen LogP contribution in [0.3, 0.4) is 0 Å². The van der Waals surface area contributed by atoms with Crippen LogP contribution in [0.5, 0.6) is 0 Å². The van der Waals surface area contributed by atoms with Crippen LogP contribution in [0, 0.1) is 0 Å². The van der Waals surface area contributed by atoms with E-state index in [1.807, 2.05) is 11.6 Å². The summed E-state index contributed by atoms with van der Waals surface area (Å²) in [6.45, 7) is 0.654. The second kappa shape index (κ2) is 5.50. The molecule has 18 heavy (non-hydrogen) atoms. The number of aryl methyl sites for hydroxylation is 1. The number of nitrogens with two attached hydrogens (primary N) is 1. The van der Waals surface area contributed by atoms with Crippen molar-refractivity contribution in [3.8, 4) is 0 Å². The molecular weight excluding hydrogens is 250 g/mol. The molecule has 0 aliphatic heterocycles. The predicted molar refractivity (Wildman–Crippen MR) is 71.1 cm³/mol. The zero-order valence-corrected chi connectivity index (χ0v) is 10.7. The molecule has 2 aromatic heterocycles. The van der Waals surface area contributed by atoms with Crippen LogP contribution in [-0.2, 0) is 13.5 Å². The topological polar surface area (TPSA) is 94.5 Å². The fourth-order valence-corrected chi connectivity index (χ4v) is 1.62. The largest absolute Gasteiger partial charge is 0.388 e. The van der Waals surface area contributed by atoms with Gasteiger partial charge in [0.25, 0.3) is 0 Å². The van der Waals surface area contributed by atoms with Gasteiger partial charge in [0.05, 0.1) is 0 Å². The molecule has 0 aliphatic carbocycles. The molecule has 0 aromatic carbocycles. The number of hydrogen-bond acceptors (Lipinski definition) is 6. The van der Waals surface area contributed by atoms with Gasteiger partial charge in [0.15, 0.2) is 5.82 Å². The van der Waals surface area contributed by atoms with Gasteiger partial charge >= 0.3 is 0 Å². The van der Waals surface area contributed by atoms with Gasteiger partial charge in [0, 0.05) is 32.4 Å². The SMILES string of the molecule is Cn1cnnc1CCNc1nccnc1C(N)=S. The number of nitrogens with one attached hydrogen (secondary N) is 1. The number of nitrogens with zero attached hydrogens (tertiary/aromatic N) is 5. The van der Waals surface area contributed by atoms with Crippen molar-refractivity contribution in [2.24, 2.45) is 12.8 Å². The highest BCUT2D eigenvalue weighted by Crippen LogP contribution is 2.07. The highest BCUT2D eigenvalue weighted by molar-refractivity contribution is 7.80. The van der Waals surface area contributed by atoms with Crippen LogP contribution in [0.2, 0.25) is 0 Å². The third kappa shape index (κ3) is 2.77. The van der Waals surface area contributed by atoms with E-state index in [-0.39, 0.29) is 4.99 Å². The first-order chi connectivity index (χ1) is 8.68. The van der Waals surface area contributed by atoms with Crippen LogP contribution < -0.4 is 11.1 Å². The fraction of sp³-hybridized carbons (Fsp3) is 0.300. The predicted octanol–water partition coefficient (Wildman–Crippen LogP) is -0.106. The first-order valence-electron chi connectivity index (χ1n) is 5.36. The Morgan fingerprint density at radius 3 is 2.89 bits per heavy atom. The highest BCUT2D eigenvalue weighted by atomic mass is 32.1. The van der Waals surface area contributed by atoms with E-state index >= 15 is 0 Å². The van der Waals surface area contributed by atoms with Gasteiger partial charge in [0.2, 0.25) is 0 Å². The quantitative estimate of drug-likeness (QED) is 0.727. The summed E-state index contributed by atoms with van der Waals surface area (Å²) in [5.41, 5.74) is 6.07. The minimum absolute atomic E-state index is 0.226. The zero-order chi connectivity index (χ0) is 13.0. The van der Waals surface area contributed by atoms with Crippen molar-refractivity contribution in [1.82, 2.24) is 24.7 Å². The van der Waals surface area contributed by atoms with E-state index in [1.54, 1.807) is 18.7 Å². The zero-order valence-electron chi connectivity index (χ0n) is 9.87. The molecule has 94 valence electrons. The van der Waals surface area contributed by atoms with Crippen molar-refractivity contribution in [2.45, 2.75) is 6.42 Å². The maximum Gasteiger partial charge on any atom is 0.155 e. The number of aromatic nitrogens is 5. The minimum atomic E-state index is 0.226. The monoisotopic (exact) mass is 263 g/mol. The smallest absolute Gasteiger partial charge is 0.155 e. The number of hydrogen-bond donors (Lipinski definition) is 2. The van der Waals surface area contributed by atoms with Crippen molar-refractivity contribution >= 4 is 23.0 Å². The Bertz CT molecular complexity index is 551. The molecule has 2 aromatic rings. The van der Waals surface area contributed by atoms with Crippen LogP contribution in [0.15, 0.2) is 18.7 Å². The van der Waals surface area contributed by atoms with Crippen LogP contribution in [0.4, 0.5) is 5.82 Å². The number of anilines is 1. The van der Waals surface area contributed by atoms with Crippen LogP contribution in [-0.4, -0.2) is 36.3 Å². The summed E-state index contributed by atoms with van der Waals surface area (Å²) in [6.07, 6.45) is 5.54. The molecule has 0 unspecified atom stereocenters. The van der Waals surface area contributed by atoms with Crippen molar-refractivity contribution in [1.29, 1.82) is 0 Å². The molecule has 0 spiro atoms. The summed E-state index contributed by atoms with van der Waals surface area (Å²) >= 11 is 4.91. The fourth-order valence-electron chi connectivity index (χ4n) is 1.47. The van der Waals surface area contributed by atoms with Gasteiger partial charge < -0.3 is 15.6 Å². The Morgan fingerprint density at radius 1 is 1.44 bits per heavy atom. The maximum atomic E-state index is 5.57. The van der Waals surface area contributed by atoms with E-state index < -0.39 is 0 Å². The van der Waals surface area contributed by atoms with Gasteiger partial charge in [-0.05, 0) is 0 Å². The Morgan fingerprint density at radius 2 is 2.22 bits per heavy atom. The van der Waals surface area contributed by atoms with Crippen LogP contribution >= 0.6 is 12.2 Å². The van der Waals surface area contributed by atoms with E-state index in [0.29, 0.717) is 18.1 Å². The Kier molecular flexibility index (Phi) is 3.78. The summed E-state index contributed by atoms with van der Waals surface area (Å²) < 4.78 is 1.87. The van der Waals surface area contributed by atoms with E-state index in [4.69, 9.17) is 18.0 Å². The molecule has 0 amide bonds. The lowest BCUT2D eigenvalue weighted by Crippen LogP contribution is -2.17. The lowest BCUT2D eigenvalue weighted by Gasteiger charge is -2.08. The first-order valence-corrected chi connectivity index (χ1v) is 5.77. The molecule has 0 saturated heterocycles. The maximum absolute atomic E-state index is 5.57. The summed E-state index contributed by atoms with van der Waals surface area (Å²) in [5.74, 6) is 1.48. The standard InChI is InChI=1S/C10H13N7S/c1-17-6-15-16-7(17)2-3-13-10-8(9(11)18)12-4-5-14-10/h4-6H,2-3H2,1H3,(H2,11,18)(H,13,14). The average Bonchev–Trinajstić information content (AvgIpc) is 2.76. The molecular formula is C10H13N7S. The van der Waals surface area contributed by atoms with Gasteiger partial charge in [-0.15, -0.1) is 10.2 Å². The summed E-state index contributed by atoms with van der Waals surface area (Å²) in [4.78, 5) is 8.47. The number of rotatable bonds is 5. The van der Waals surface area contributed by atoms with E-state index in [2.05, 4.69) is 25.5 Å². The first kappa shape index (κ1) is 12.4. The number of thiocarbonyl (C=S) groups is 1. The van der Waals surface area contributed by atoms with Gasteiger partial charge in [-0.1, -0.05) is 12.2 Å². The summed E-state index contributed by atoms with van der Waals surface area (Å²) in [5, 5.41) is 10.9. The molecule has 0 radical (unpaired) electrons. The van der Waals surface area contributed by atoms with E-state index in [9.17, 15) is 0 Å². The molecule has 2 rings (SSSR count). The molecule has 0 bridgehead atoms. The third-order valence-electron chi connectivity index (χ3n) is 2.38. The Hall–Kier alpha value is -2.09. The minimum Gasteiger partial charge on any atom is -0.388 e. The lowest BCUT2D eigenvalue weighted by atomic mass is 10.3.